The van der Waals surface area contributed by atoms with Crippen LogP contribution in [0.1, 0.15) is 12.5 Å². The molecule has 0 radical (unpaired) electrons. The first-order valence-electron chi connectivity index (χ1n) is 6.64. The molecule has 20 heavy (non-hydrogen) atoms. The predicted octanol–water partition coefficient (Wildman–Crippen LogP) is 1.37. The van der Waals surface area contributed by atoms with E-state index in [1.807, 2.05) is 30.3 Å². The van der Waals surface area contributed by atoms with Crippen molar-refractivity contribution in [2.45, 2.75) is 18.6 Å². The minimum absolute atomic E-state index is 0.0621. The van der Waals surface area contributed by atoms with Crippen molar-refractivity contribution in [1.29, 1.82) is 0 Å². The molecule has 0 aliphatic heterocycles. The third-order valence-electron chi connectivity index (χ3n) is 3.17. The number of hydrogen-bond acceptors (Lipinski definition) is 3. The summed E-state index contributed by atoms with van der Waals surface area (Å²) in [5.41, 5.74) is 1.08. The van der Waals surface area contributed by atoms with Gasteiger partial charge in [0.25, 0.3) is 0 Å². The van der Waals surface area contributed by atoms with E-state index < -0.39 is 0 Å². The van der Waals surface area contributed by atoms with Gasteiger partial charge in [-0.1, -0.05) is 37.3 Å². The lowest BCUT2D eigenvalue weighted by Gasteiger charge is -2.23. The zero-order valence-electron chi connectivity index (χ0n) is 12.2. The zero-order chi connectivity index (χ0) is 15.1. The van der Waals surface area contributed by atoms with Gasteiger partial charge < -0.3 is 10.2 Å². The topological polar surface area (TPSA) is 49.4 Å². The summed E-state index contributed by atoms with van der Waals surface area (Å²) in [6.07, 6.45) is 0.585. The van der Waals surface area contributed by atoms with Gasteiger partial charge in [0.2, 0.25) is 11.8 Å². The third-order valence-corrected chi connectivity index (χ3v) is 3.58. The molecule has 0 fully saturated rings. The lowest BCUT2D eigenvalue weighted by molar-refractivity contribution is -0.131. The Kier molecular flexibility index (Phi) is 6.58. The van der Waals surface area contributed by atoms with Crippen molar-refractivity contribution in [1.82, 2.24) is 10.2 Å². The Morgan fingerprint density at radius 1 is 1.30 bits per heavy atom. The normalized spacial score (nSPS) is 13.4. The molecular weight excluding hydrogens is 272 g/mol. The van der Waals surface area contributed by atoms with Gasteiger partial charge in [-0.05, 0) is 12.0 Å². The molecule has 110 valence electrons. The van der Waals surface area contributed by atoms with Gasteiger partial charge in [-0.15, -0.1) is 0 Å². The van der Waals surface area contributed by atoms with Crippen molar-refractivity contribution in [2.24, 2.45) is 5.92 Å². The van der Waals surface area contributed by atoms with Crippen molar-refractivity contribution < 1.29 is 9.59 Å². The summed E-state index contributed by atoms with van der Waals surface area (Å²) in [4.78, 5) is 25.2. The van der Waals surface area contributed by atoms with Crippen molar-refractivity contribution in [3.05, 3.63) is 35.9 Å². The Hall–Kier alpha value is -1.49. The van der Waals surface area contributed by atoms with Gasteiger partial charge in [0.15, 0.2) is 0 Å². The fourth-order valence-corrected chi connectivity index (χ4v) is 2.42. The van der Waals surface area contributed by atoms with Crippen molar-refractivity contribution in [3.8, 4) is 0 Å². The number of benzene rings is 1. The van der Waals surface area contributed by atoms with Crippen LogP contribution in [0.3, 0.4) is 0 Å². The van der Waals surface area contributed by atoms with E-state index >= 15 is 0 Å². The molecule has 1 aromatic carbocycles. The average Bonchev–Trinajstić information content (AvgIpc) is 2.46. The van der Waals surface area contributed by atoms with Crippen molar-refractivity contribution in [2.75, 3.05) is 20.6 Å². The number of nitrogens with one attached hydrogen (secondary N) is 1. The average molecular weight is 294 g/mol. The van der Waals surface area contributed by atoms with Gasteiger partial charge in [0.1, 0.15) is 0 Å². The molecule has 0 heterocycles. The Morgan fingerprint density at radius 3 is 2.45 bits per heavy atom. The molecule has 1 rings (SSSR count). The number of carbonyl (C=O) groups is 2. The van der Waals surface area contributed by atoms with E-state index in [9.17, 15) is 9.59 Å². The smallest absolute Gasteiger partial charge is 0.235 e. The quantitative estimate of drug-likeness (QED) is 0.779. The standard InChI is InChI=1S/C15H22N2O2S/c1-11(14(18)16-2)10-17(3)15(19)13(20)9-12-7-5-4-6-8-12/h4-8,11,13,20H,9-10H2,1-3H3,(H,16,18). The Labute approximate surface area is 126 Å². The minimum Gasteiger partial charge on any atom is -0.359 e. The number of carbonyl (C=O) groups excluding carboxylic acids is 2. The molecule has 2 atom stereocenters. The van der Waals surface area contributed by atoms with E-state index in [0.717, 1.165) is 5.56 Å². The molecule has 0 bridgehead atoms. The maximum absolute atomic E-state index is 12.2. The monoisotopic (exact) mass is 294 g/mol. The molecule has 1 N–H and O–H groups in total. The van der Waals surface area contributed by atoms with Gasteiger partial charge >= 0.3 is 0 Å². The summed E-state index contributed by atoms with van der Waals surface area (Å²) in [7, 11) is 3.30. The van der Waals surface area contributed by atoms with Crippen LogP contribution < -0.4 is 5.32 Å². The van der Waals surface area contributed by atoms with Gasteiger partial charge in [-0.3, -0.25) is 9.59 Å². The van der Waals surface area contributed by atoms with Crippen LogP contribution in [0.5, 0.6) is 0 Å². The minimum atomic E-state index is -0.390. The number of nitrogens with zero attached hydrogens (tertiary/aromatic N) is 1. The van der Waals surface area contributed by atoms with E-state index in [2.05, 4.69) is 17.9 Å². The van der Waals surface area contributed by atoms with Crippen LogP contribution in [0.2, 0.25) is 0 Å². The largest absolute Gasteiger partial charge is 0.359 e. The molecule has 0 aliphatic rings. The Balaban J connectivity index is 2.53. The molecule has 2 unspecified atom stereocenters. The summed E-state index contributed by atoms with van der Waals surface area (Å²) in [6.45, 7) is 2.19. The third kappa shape index (κ3) is 4.89. The zero-order valence-corrected chi connectivity index (χ0v) is 13.1. The lowest BCUT2D eigenvalue weighted by atomic mass is 10.1. The Morgan fingerprint density at radius 2 is 1.90 bits per heavy atom. The summed E-state index contributed by atoms with van der Waals surface area (Å²) >= 11 is 4.38. The summed E-state index contributed by atoms with van der Waals surface area (Å²) < 4.78 is 0. The number of amides is 2. The summed E-state index contributed by atoms with van der Waals surface area (Å²) in [5.74, 6) is -0.359. The van der Waals surface area contributed by atoms with Crippen LogP contribution in [0.25, 0.3) is 0 Å². The number of hydrogen-bond donors (Lipinski definition) is 2. The van der Waals surface area contributed by atoms with E-state index in [0.29, 0.717) is 13.0 Å². The fraction of sp³-hybridized carbons (Fsp3) is 0.467. The summed E-state index contributed by atoms with van der Waals surface area (Å²) in [6, 6.07) is 9.78. The maximum atomic E-state index is 12.2. The van der Waals surface area contributed by atoms with Crippen LogP contribution in [-0.4, -0.2) is 42.6 Å². The van der Waals surface area contributed by atoms with Crippen LogP contribution in [0.15, 0.2) is 30.3 Å². The molecule has 5 heteroatoms. The van der Waals surface area contributed by atoms with E-state index in [-0.39, 0.29) is 23.0 Å². The van der Waals surface area contributed by atoms with Crippen LogP contribution in [-0.2, 0) is 16.0 Å². The molecule has 0 aromatic heterocycles. The second-order valence-corrected chi connectivity index (χ2v) is 5.56. The predicted molar refractivity (Wildman–Crippen MR) is 83.8 cm³/mol. The molecule has 0 aliphatic carbocycles. The van der Waals surface area contributed by atoms with Gasteiger partial charge in [0, 0.05) is 20.6 Å². The number of thiol groups is 1. The highest BCUT2D eigenvalue weighted by atomic mass is 32.1. The number of rotatable bonds is 6. The second-order valence-electron chi connectivity index (χ2n) is 4.94. The second kappa shape index (κ2) is 7.94. The van der Waals surface area contributed by atoms with Crippen LogP contribution in [0.4, 0.5) is 0 Å². The van der Waals surface area contributed by atoms with Crippen LogP contribution >= 0.6 is 12.6 Å². The van der Waals surface area contributed by atoms with E-state index in [4.69, 9.17) is 0 Å². The SMILES string of the molecule is CNC(=O)C(C)CN(C)C(=O)C(S)Cc1ccccc1. The fourth-order valence-electron chi connectivity index (χ4n) is 2.01. The van der Waals surface area contributed by atoms with Crippen molar-refractivity contribution >= 4 is 24.4 Å². The van der Waals surface area contributed by atoms with E-state index in [1.54, 1.807) is 25.9 Å². The van der Waals surface area contributed by atoms with E-state index in [1.165, 1.54) is 0 Å². The first-order chi connectivity index (χ1) is 9.45. The van der Waals surface area contributed by atoms with Gasteiger partial charge in [-0.25, -0.2) is 0 Å². The summed E-state index contributed by atoms with van der Waals surface area (Å²) in [5, 5.41) is 2.19. The molecule has 0 saturated heterocycles. The van der Waals surface area contributed by atoms with Crippen molar-refractivity contribution in [3.63, 3.8) is 0 Å². The molecule has 0 saturated carbocycles. The molecule has 1 aromatic rings. The molecule has 4 nitrogen and oxygen atoms in total. The maximum Gasteiger partial charge on any atom is 0.235 e. The molecular formula is C15H22N2O2S. The first kappa shape index (κ1) is 16.6. The lowest BCUT2D eigenvalue weighted by Crippen LogP contribution is -2.41. The van der Waals surface area contributed by atoms with Gasteiger partial charge in [0.05, 0.1) is 11.2 Å². The first-order valence-corrected chi connectivity index (χ1v) is 7.16. The molecule has 0 spiro atoms. The van der Waals surface area contributed by atoms with Crippen LogP contribution in [0, 0.1) is 5.92 Å². The highest BCUT2D eigenvalue weighted by Gasteiger charge is 2.22. The molecule has 2 amide bonds. The van der Waals surface area contributed by atoms with Gasteiger partial charge in [-0.2, -0.15) is 12.6 Å². The highest BCUT2D eigenvalue weighted by Crippen LogP contribution is 2.11. The Bertz CT molecular complexity index is 450. The highest BCUT2D eigenvalue weighted by molar-refractivity contribution is 7.81.